The molecule has 0 aliphatic heterocycles. The van der Waals surface area contributed by atoms with Crippen molar-refractivity contribution in [3.63, 3.8) is 0 Å². The van der Waals surface area contributed by atoms with Gasteiger partial charge in [-0.2, -0.15) is 0 Å². The van der Waals surface area contributed by atoms with Gasteiger partial charge in [0.05, 0.1) is 0 Å². The van der Waals surface area contributed by atoms with Gasteiger partial charge in [-0.3, -0.25) is 4.79 Å². The SMILES string of the molecule is CON=C(Cl)C(=O)Cl.Cl. The fourth-order valence-corrected chi connectivity index (χ4v) is 0.220. The minimum absolute atomic E-state index is 0. The Balaban J connectivity index is 0. The third-order valence-corrected chi connectivity index (χ3v) is 0.850. The zero-order valence-corrected chi connectivity index (χ0v) is 6.76. The first-order valence-corrected chi connectivity index (χ1v) is 2.40. The lowest BCUT2D eigenvalue weighted by Crippen LogP contribution is -1.97. The molecule has 0 radical (unpaired) electrons. The van der Waals surface area contributed by atoms with Gasteiger partial charge in [-0.25, -0.2) is 0 Å². The molecule has 0 saturated heterocycles. The summed E-state index contributed by atoms with van der Waals surface area (Å²) in [6.45, 7) is 0. The second-order valence-electron chi connectivity index (χ2n) is 0.838. The predicted molar refractivity (Wildman–Crippen MR) is 38.4 cm³/mol. The highest BCUT2D eigenvalue weighted by Gasteiger charge is 2.02. The first-order valence-electron chi connectivity index (χ1n) is 1.65. The number of rotatable bonds is 2. The standard InChI is InChI=1S/C3H3Cl2NO2.ClH/c1-8-6-2(4)3(5)7;/h1H3;1H. The van der Waals surface area contributed by atoms with E-state index in [9.17, 15) is 4.79 Å². The molecule has 0 bridgehead atoms. The molecule has 0 heterocycles. The molecular formula is C3H4Cl3NO2. The Bertz CT molecular complexity index is 124. The smallest absolute Gasteiger partial charge is 0.285 e. The van der Waals surface area contributed by atoms with E-state index >= 15 is 0 Å². The summed E-state index contributed by atoms with van der Waals surface area (Å²) >= 11 is 9.88. The molecule has 0 aromatic carbocycles. The molecule has 0 unspecified atom stereocenters. The Kier molecular flexibility index (Phi) is 8.02. The van der Waals surface area contributed by atoms with Crippen LogP contribution in [0.4, 0.5) is 0 Å². The van der Waals surface area contributed by atoms with Crippen molar-refractivity contribution in [2.45, 2.75) is 0 Å². The molecule has 3 nitrogen and oxygen atoms in total. The van der Waals surface area contributed by atoms with Gasteiger partial charge in [-0.05, 0) is 11.6 Å². The van der Waals surface area contributed by atoms with Crippen LogP contribution in [0.1, 0.15) is 0 Å². The summed E-state index contributed by atoms with van der Waals surface area (Å²) in [6.07, 6.45) is 0. The summed E-state index contributed by atoms with van der Waals surface area (Å²) in [4.78, 5) is 14.1. The van der Waals surface area contributed by atoms with E-state index in [1.807, 2.05) is 0 Å². The molecule has 0 aliphatic rings. The highest BCUT2D eigenvalue weighted by molar-refractivity contribution is 6.99. The molecule has 0 N–H and O–H groups in total. The summed E-state index contributed by atoms with van der Waals surface area (Å²) in [5.41, 5.74) is 0. The van der Waals surface area contributed by atoms with E-state index in [1.165, 1.54) is 7.11 Å². The Morgan fingerprint density at radius 2 is 2.00 bits per heavy atom. The zero-order valence-electron chi connectivity index (χ0n) is 4.43. The first kappa shape index (κ1) is 11.8. The topological polar surface area (TPSA) is 38.7 Å². The Labute approximate surface area is 68.4 Å². The zero-order chi connectivity index (χ0) is 6.57. The monoisotopic (exact) mass is 191 g/mol. The minimum Gasteiger partial charge on any atom is -0.398 e. The summed E-state index contributed by atoms with van der Waals surface area (Å²) in [5, 5.41) is 1.83. The molecule has 54 valence electrons. The quantitative estimate of drug-likeness (QED) is 0.377. The van der Waals surface area contributed by atoms with E-state index in [1.54, 1.807) is 0 Å². The van der Waals surface area contributed by atoms with Crippen LogP contribution < -0.4 is 0 Å². The van der Waals surface area contributed by atoms with Crippen molar-refractivity contribution in [3.05, 3.63) is 0 Å². The fourth-order valence-electron chi connectivity index (χ4n) is 0.116. The predicted octanol–water partition coefficient (Wildman–Crippen LogP) is 1.37. The van der Waals surface area contributed by atoms with Crippen molar-refractivity contribution in [3.8, 4) is 0 Å². The van der Waals surface area contributed by atoms with E-state index in [4.69, 9.17) is 23.2 Å². The van der Waals surface area contributed by atoms with E-state index in [2.05, 4.69) is 9.99 Å². The fraction of sp³-hybridized carbons (Fsp3) is 0.333. The Hall–Kier alpha value is 0.01000. The van der Waals surface area contributed by atoms with Gasteiger partial charge >= 0.3 is 0 Å². The van der Waals surface area contributed by atoms with Gasteiger partial charge < -0.3 is 4.84 Å². The van der Waals surface area contributed by atoms with Crippen molar-refractivity contribution in [2.75, 3.05) is 7.11 Å². The molecule has 0 spiro atoms. The third-order valence-electron chi connectivity index (χ3n) is 0.334. The molecule has 0 aromatic rings. The largest absolute Gasteiger partial charge is 0.398 e. The van der Waals surface area contributed by atoms with Crippen LogP contribution in [0.5, 0.6) is 0 Å². The van der Waals surface area contributed by atoms with Crippen molar-refractivity contribution in [1.29, 1.82) is 0 Å². The van der Waals surface area contributed by atoms with Gasteiger partial charge in [0, 0.05) is 0 Å². The number of oxime groups is 1. The average molecular weight is 192 g/mol. The second kappa shape index (κ2) is 6.13. The number of hydrogen-bond acceptors (Lipinski definition) is 3. The van der Waals surface area contributed by atoms with E-state index in [0.29, 0.717) is 0 Å². The van der Waals surface area contributed by atoms with Crippen LogP contribution in [0.25, 0.3) is 0 Å². The van der Waals surface area contributed by atoms with Gasteiger partial charge in [0.15, 0.2) is 0 Å². The summed E-state index contributed by atoms with van der Waals surface area (Å²) in [5.74, 6) is 0. The molecule has 0 aliphatic carbocycles. The Morgan fingerprint density at radius 3 is 2.11 bits per heavy atom. The average Bonchev–Trinajstić information content (AvgIpc) is 1.67. The normalized spacial score (nSPS) is 9.89. The number of carbonyl (C=O) groups is 1. The van der Waals surface area contributed by atoms with Crippen LogP contribution in [0.2, 0.25) is 0 Å². The van der Waals surface area contributed by atoms with Crippen molar-refractivity contribution >= 4 is 46.0 Å². The van der Waals surface area contributed by atoms with Crippen molar-refractivity contribution < 1.29 is 9.63 Å². The lowest BCUT2D eigenvalue weighted by Gasteiger charge is -1.84. The molecule has 0 fully saturated rings. The number of halogens is 3. The van der Waals surface area contributed by atoms with Gasteiger partial charge in [0.2, 0.25) is 5.17 Å². The van der Waals surface area contributed by atoms with E-state index < -0.39 is 5.24 Å². The summed E-state index contributed by atoms with van der Waals surface area (Å²) in [6, 6.07) is 0. The number of hydrogen-bond donors (Lipinski definition) is 0. The van der Waals surface area contributed by atoms with Gasteiger partial charge in [0.25, 0.3) is 5.24 Å². The van der Waals surface area contributed by atoms with Gasteiger partial charge in [0.1, 0.15) is 7.11 Å². The van der Waals surface area contributed by atoms with Crippen LogP contribution in [0.15, 0.2) is 5.16 Å². The molecule has 9 heavy (non-hydrogen) atoms. The Morgan fingerprint density at radius 1 is 1.56 bits per heavy atom. The van der Waals surface area contributed by atoms with Crippen molar-refractivity contribution in [1.82, 2.24) is 0 Å². The maximum atomic E-state index is 9.96. The molecule has 0 aromatic heterocycles. The van der Waals surface area contributed by atoms with Gasteiger partial charge in [-0.1, -0.05) is 16.8 Å². The highest BCUT2D eigenvalue weighted by Crippen LogP contribution is 1.91. The molecule has 0 rings (SSSR count). The maximum Gasteiger partial charge on any atom is 0.285 e. The molecular weight excluding hydrogens is 188 g/mol. The summed E-state index contributed by atoms with van der Waals surface area (Å²) < 4.78 is 0. The van der Waals surface area contributed by atoms with E-state index in [0.717, 1.165) is 0 Å². The van der Waals surface area contributed by atoms with Crippen LogP contribution in [0.3, 0.4) is 0 Å². The lowest BCUT2D eigenvalue weighted by molar-refractivity contribution is -0.106. The second-order valence-corrected chi connectivity index (χ2v) is 1.54. The number of carbonyl (C=O) groups excluding carboxylic acids is 1. The summed E-state index contributed by atoms with van der Waals surface area (Å²) in [7, 11) is 1.27. The van der Waals surface area contributed by atoms with Crippen LogP contribution in [0, 0.1) is 0 Å². The third kappa shape index (κ3) is 5.89. The first-order chi connectivity index (χ1) is 3.68. The van der Waals surface area contributed by atoms with Crippen LogP contribution in [-0.2, 0) is 9.63 Å². The van der Waals surface area contributed by atoms with Crippen LogP contribution in [-0.4, -0.2) is 17.5 Å². The molecule has 0 saturated carbocycles. The molecule has 6 heteroatoms. The highest BCUT2D eigenvalue weighted by atomic mass is 35.5. The van der Waals surface area contributed by atoms with E-state index in [-0.39, 0.29) is 17.6 Å². The lowest BCUT2D eigenvalue weighted by atomic mass is 10.8. The van der Waals surface area contributed by atoms with Gasteiger partial charge in [-0.15, -0.1) is 12.4 Å². The maximum absolute atomic E-state index is 9.96. The molecule has 0 atom stereocenters. The van der Waals surface area contributed by atoms with Crippen molar-refractivity contribution in [2.24, 2.45) is 5.16 Å². The minimum atomic E-state index is -0.825. The molecule has 0 amide bonds. The number of nitrogens with zero attached hydrogens (tertiary/aromatic N) is 1. The van der Waals surface area contributed by atoms with Crippen LogP contribution >= 0.6 is 35.6 Å².